The van der Waals surface area contributed by atoms with Gasteiger partial charge in [-0.05, 0) is 6.07 Å². The van der Waals surface area contributed by atoms with Crippen LogP contribution in [0.25, 0.3) is 0 Å². The highest BCUT2D eigenvalue weighted by atomic mass is 35.5. The molecule has 1 aromatic carbocycles. The number of amides is 1. The second kappa shape index (κ2) is 6.62. The van der Waals surface area contributed by atoms with Crippen LogP contribution >= 0.6 is 11.6 Å². The summed E-state index contributed by atoms with van der Waals surface area (Å²) in [5.74, 6) is -0.851. The lowest BCUT2D eigenvalue weighted by Gasteiger charge is -2.28. The summed E-state index contributed by atoms with van der Waals surface area (Å²) in [6.07, 6.45) is 0. The first-order chi connectivity index (χ1) is 9.39. The summed E-state index contributed by atoms with van der Waals surface area (Å²) >= 11 is 5.78. The normalized spacial score (nSPS) is 11.2. The van der Waals surface area contributed by atoms with Crippen LogP contribution in [0.2, 0.25) is 5.02 Å². The molecule has 0 saturated heterocycles. The van der Waals surface area contributed by atoms with Crippen molar-refractivity contribution in [2.75, 3.05) is 19.8 Å². The molecule has 1 aromatic rings. The quantitative estimate of drug-likeness (QED) is 0.421. The number of nitrogens with one attached hydrogen (secondary N) is 1. The molecule has 9 heteroatoms. The van der Waals surface area contributed by atoms with Crippen molar-refractivity contribution in [1.82, 2.24) is 5.32 Å². The van der Waals surface area contributed by atoms with Gasteiger partial charge in [-0.15, -0.1) is 0 Å². The number of benzene rings is 1. The number of non-ortho nitro benzene ring substituents is 1. The van der Waals surface area contributed by atoms with Crippen LogP contribution in [0.4, 0.5) is 5.69 Å². The Morgan fingerprint density at radius 3 is 2.30 bits per heavy atom. The monoisotopic (exact) mass is 304 g/mol. The first kappa shape index (κ1) is 16.3. The van der Waals surface area contributed by atoms with Gasteiger partial charge in [0, 0.05) is 12.1 Å². The molecule has 0 aliphatic rings. The van der Waals surface area contributed by atoms with E-state index in [1.807, 2.05) is 0 Å². The van der Waals surface area contributed by atoms with Crippen molar-refractivity contribution in [3.63, 3.8) is 0 Å². The molecule has 0 radical (unpaired) electrons. The highest BCUT2D eigenvalue weighted by Crippen LogP contribution is 2.22. The zero-order chi connectivity index (χ0) is 15.3. The number of rotatable bonds is 6. The number of halogens is 1. The van der Waals surface area contributed by atoms with Crippen LogP contribution in [0.3, 0.4) is 0 Å². The highest BCUT2D eigenvalue weighted by Gasteiger charge is 2.31. The van der Waals surface area contributed by atoms with Gasteiger partial charge in [-0.2, -0.15) is 0 Å². The first-order valence-corrected chi connectivity index (χ1v) is 5.86. The van der Waals surface area contributed by atoms with Crippen LogP contribution in [0.15, 0.2) is 18.2 Å². The van der Waals surface area contributed by atoms with E-state index in [2.05, 4.69) is 5.32 Å². The van der Waals surface area contributed by atoms with Crippen molar-refractivity contribution in [2.24, 2.45) is 0 Å². The Kier molecular flexibility index (Phi) is 5.40. The van der Waals surface area contributed by atoms with Crippen LogP contribution in [-0.2, 0) is 0 Å². The van der Waals surface area contributed by atoms with Gasteiger partial charge >= 0.3 is 0 Å². The maximum Gasteiger partial charge on any atom is 0.270 e. The number of carbonyl (C=O) groups excluding carboxylic acids is 1. The Morgan fingerprint density at radius 1 is 1.30 bits per heavy atom. The predicted molar refractivity (Wildman–Crippen MR) is 69.6 cm³/mol. The smallest absolute Gasteiger partial charge is 0.270 e. The van der Waals surface area contributed by atoms with Gasteiger partial charge < -0.3 is 20.6 Å². The van der Waals surface area contributed by atoms with E-state index in [-0.39, 0.29) is 16.3 Å². The minimum absolute atomic E-state index is 0.0316. The Bertz CT molecular complexity index is 509. The topological polar surface area (TPSA) is 133 Å². The summed E-state index contributed by atoms with van der Waals surface area (Å²) in [4.78, 5) is 21.9. The molecule has 20 heavy (non-hydrogen) atoms. The Balaban J connectivity index is 3.08. The van der Waals surface area contributed by atoms with E-state index in [9.17, 15) is 14.9 Å². The van der Waals surface area contributed by atoms with E-state index in [4.69, 9.17) is 26.9 Å². The number of nitro groups is 1. The maximum absolute atomic E-state index is 12.0. The average molecular weight is 305 g/mol. The fourth-order valence-electron chi connectivity index (χ4n) is 1.38. The van der Waals surface area contributed by atoms with Gasteiger partial charge in [0.05, 0.1) is 35.3 Å². The lowest BCUT2D eigenvalue weighted by atomic mass is 10.0. The molecule has 0 fully saturated rings. The summed E-state index contributed by atoms with van der Waals surface area (Å²) in [6.45, 7) is -2.13. The zero-order valence-electron chi connectivity index (χ0n) is 10.2. The van der Waals surface area contributed by atoms with Gasteiger partial charge in [-0.1, -0.05) is 11.6 Å². The molecule has 0 aliphatic heterocycles. The Labute approximate surface area is 118 Å². The molecule has 0 aromatic heterocycles. The molecule has 0 heterocycles. The minimum atomic E-state index is -1.63. The molecule has 0 bridgehead atoms. The van der Waals surface area contributed by atoms with Crippen molar-refractivity contribution < 1.29 is 25.0 Å². The van der Waals surface area contributed by atoms with Crippen LogP contribution in [0.1, 0.15) is 10.4 Å². The summed E-state index contributed by atoms with van der Waals surface area (Å²) in [5, 5.41) is 40.2. The van der Waals surface area contributed by atoms with Gasteiger partial charge in [-0.3, -0.25) is 14.9 Å². The van der Waals surface area contributed by atoms with Gasteiger partial charge in [0.2, 0.25) is 0 Å². The maximum atomic E-state index is 12.0. The highest BCUT2D eigenvalue weighted by molar-refractivity contribution is 6.34. The fourth-order valence-corrected chi connectivity index (χ4v) is 1.58. The van der Waals surface area contributed by atoms with E-state index in [1.165, 1.54) is 6.07 Å². The largest absolute Gasteiger partial charge is 0.394 e. The Morgan fingerprint density at radius 2 is 1.85 bits per heavy atom. The molecule has 8 nitrogen and oxygen atoms in total. The lowest BCUT2D eigenvalue weighted by molar-refractivity contribution is -0.384. The molecule has 1 amide bonds. The molecule has 0 atom stereocenters. The summed E-state index contributed by atoms with van der Waals surface area (Å²) in [5.41, 5.74) is -2.16. The van der Waals surface area contributed by atoms with Gasteiger partial charge in [-0.25, -0.2) is 0 Å². The zero-order valence-corrected chi connectivity index (χ0v) is 11.0. The van der Waals surface area contributed by atoms with Gasteiger partial charge in [0.1, 0.15) is 5.54 Å². The van der Waals surface area contributed by atoms with Crippen molar-refractivity contribution in [1.29, 1.82) is 0 Å². The van der Waals surface area contributed by atoms with Crippen LogP contribution < -0.4 is 5.32 Å². The van der Waals surface area contributed by atoms with E-state index in [1.54, 1.807) is 0 Å². The molecule has 1 rings (SSSR count). The van der Waals surface area contributed by atoms with E-state index in [0.29, 0.717) is 0 Å². The van der Waals surface area contributed by atoms with Crippen molar-refractivity contribution in [3.05, 3.63) is 38.9 Å². The van der Waals surface area contributed by atoms with Crippen LogP contribution in [0.5, 0.6) is 0 Å². The fraction of sp³-hybridized carbons (Fsp3) is 0.364. The Hall–Kier alpha value is -1.74. The molecule has 0 aliphatic carbocycles. The third kappa shape index (κ3) is 3.42. The SMILES string of the molecule is O=C(NC(CO)(CO)CO)c1cc([N+](=O)[O-])ccc1Cl. The number of nitrogens with zero attached hydrogens (tertiary/aromatic N) is 1. The third-order valence-electron chi connectivity index (χ3n) is 2.69. The van der Waals surface area contributed by atoms with Crippen molar-refractivity contribution >= 4 is 23.2 Å². The van der Waals surface area contributed by atoms with E-state index >= 15 is 0 Å². The third-order valence-corrected chi connectivity index (χ3v) is 3.02. The molecule has 0 saturated carbocycles. The van der Waals surface area contributed by atoms with E-state index < -0.39 is 36.2 Å². The average Bonchev–Trinajstić information content (AvgIpc) is 2.45. The van der Waals surface area contributed by atoms with Crippen LogP contribution in [0, 0.1) is 10.1 Å². The summed E-state index contributed by atoms with van der Waals surface area (Å²) in [7, 11) is 0. The minimum Gasteiger partial charge on any atom is -0.394 e. The van der Waals surface area contributed by atoms with Crippen molar-refractivity contribution in [2.45, 2.75) is 5.54 Å². The molecular formula is C11H13ClN2O6. The number of carbonyl (C=O) groups is 1. The number of aliphatic hydroxyl groups is 3. The number of hydrogen-bond acceptors (Lipinski definition) is 6. The molecular weight excluding hydrogens is 292 g/mol. The van der Waals surface area contributed by atoms with Gasteiger partial charge in [0.25, 0.3) is 11.6 Å². The van der Waals surface area contributed by atoms with Crippen molar-refractivity contribution in [3.8, 4) is 0 Å². The predicted octanol–water partition coefficient (Wildman–Crippen LogP) is -0.306. The number of aliphatic hydroxyl groups excluding tert-OH is 3. The number of hydrogen-bond donors (Lipinski definition) is 4. The standard InChI is InChI=1S/C11H13ClN2O6/c12-9-2-1-7(14(19)20)3-8(9)10(18)13-11(4-15,5-16)6-17/h1-3,15-17H,4-6H2,(H,13,18). The second-order valence-electron chi connectivity index (χ2n) is 4.13. The second-order valence-corrected chi connectivity index (χ2v) is 4.54. The summed E-state index contributed by atoms with van der Waals surface area (Å²) in [6, 6.07) is 3.29. The summed E-state index contributed by atoms with van der Waals surface area (Å²) < 4.78 is 0. The van der Waals surface area contributed by atoms with Crippen LogP contribution in [-0.4, -0.2) is 51.5 Å². The number of nitro benzene ring substituents is 1. The van der Waals surface area contributed by atoms with E-state index in [0.717, 1.165) is 12.1 Å². The molecule has 0 spiro atoms. The molecule has 0 unspecified atom stereocenters. The molecule has 110 valence electrons. The molecule has 4 N–H and O–H groups in total. The first-order valence-electron chi connectivity index (χ1n) is 5.48. The van der Waals surface area contributed by atoms with Gasteiger partial charge in [0.15, 0.2) is 0 Å². The lowest BCUT2D eigenvalue weighted by Crippen LogP contribution is -2.57.